The molecule has 0 amide bonds. The fraction of sp³-hybridized carbons (Fsp3) is 0.188. The lowest BCUT2D eigenvalue weighted by Gasteiger charge is -2.07. The van der Waals surface area contributed by atoms with Crippen LogP contribution in [0, 0.1) is 0 Å². The molecule has 0 fully saturated rings. The van der Waals surface area contributed by atoms with E-state index >= 15 is 0 Å². The second kappa shape index (κ2) is 7.19. The summed E-state index contributed by atoms with van der Waals surface area (Å²) in [5.41, 5.74) is 6.96. The lowest BCUT2D eigenvalue weighted by molar-refractivity contribution is -0.145. The molecule has 0 saturated heterocycles. The highest BCUT2D eigenvalue weighted by Crippen LogP contribution is 2.14. The summed E-state index contributed by atoms with van der Waals surface area (Å²) >= 11 is 0. The maximum atomic E-state index is 11.6. The number of benzene rings is 2. The molecule has 2 rings (SSSR count). The average molecular weight is 287 g/mol. The molecule has 0 aromatic heterocycles. The van der Waals surface area contributed by atoms with Crippen molar-refractivity contribution in [3.05, 3.63) is 54.1 Å². The number of nitrogens with two attached hydrogens (primary N) is 1. The Morgan fingerprint density at radius 1 is 1.14 bits per heavy atom. The maximum absolute atomic E-state index is 11.6. The average Bonchev–Trinajstić information content (AvgIpc) is 2.47. The maximum Gasteiger partial charge on any atom is 0.309 e. The zero-order valence-electron chi connectivity index (χ0n) is 11.5. The van der Waals surface area contributed by atoms with Crippen LogP contribution in [0.5, 0.6) is 11.5 Å². The summed E-state index contributed by atoms with van der Waals surface area (Å²) in [7, 11) is 0. The number of rotatable bonds is 6. The topological polar surface area (TPSA) is 81.8 Å². The van der Waals surface area contributed by atoms with Gasteiger partial charge in [0.1, 0.15) is 18.1 Å². The van der Waals surface area contributed by atoms with Crippen LogP contribution in [0.2, 0.25) is 0 Å². The van der Waals surface area contributed by atoms with Crippen molar-refractivity contribution in [3.8, 4) is 11.5 Å². The Kier molecular flexibility index (Phi) is 5.04. The highest BCUT2D eigenvalue weighted by atomic mass is 16.5. The second-order valence-corrected chi connectivity index (χ2v) is 4.50. The third-order valence-corrected chi connectivity index (χ3v) is 2.77. The Morgan fingerprint density at radius 3 is 2.62 bits per heavy atom. The second-order valence-electron chi connectivity index (χ2n) is 4.50. The van der Waals surface area contributed by atoms with Gasteiger partial charge >= 0.3 is 5.97 Å². The molecule has 0 aliphatic heterocycles. The standard InChI is InChI=1S/C16H17NO4/c17-13-4-6-15(7-5-13)20-9-8-16(19)21-11-12-2-1-3-14(18)10-12/h1-7,10,18H,8-9,11,17H2. The van der Waals surface area contributed by atoms with E-state index < -0.39 is 0 Å². The van der Waals surface area contributed by atoms with E-state index in [-0.39, 0.29) is 31.4 Å². The fourth-order valence-corrected chi connectivity index (χ4v) is 1.70. The minimum atomic E-state index is -0.353. The zero-order valence-corrected chi connectivity index (χ0v) is 11.5. The first-order valence-electron chi connectivity index (χ1n) is 6.55. The molecule has 0 spiro atoms. The van der Waals surface area contributed by atoms with Crippen molar-refractivity contribution in [1.82, 2.24) is 0 Å². The van der Waals surface area contributed by atoms with Gasteiger partial charge in [0, 0.05) is 5.69 Å². The minimum absolute atomic E-state index is 0.134. The van der Waals surface area contributed by atoms with Crippen LogP contribution in [0.25, 0.3) is 0 Å². The van der Waals surface area contributed by atoms with Crippen molar-refractivity contribution in [2.24, 2.45) is 0 Å². The summed E-state index contributed by atoms with van der Waals surface area (Å²) in [6.45, 7) is 0.373. The van der Waals surface area contributed by atoms with E-state index in [0.29, 0.717) is 11.4 Å². The molecule has 0 saturated carbocycles. The molecule has 5 nitrogen and oxygen atoms in total. The summed E-state index contributed by atoms with van der Waals surface area (Å²) in [4.78, 5) is 11.6. The van der Waals surface area contributed by atoms with Crippen LogP contribution >= 0.6 is 0 Å². The minimum Gasteiger partial charge on any atom is -0.508 e. The Balaban J connectivity index is 1.69. The molecular formula is C16H17NO4. The molecule has 0 aliphatic rings. The van der Waals surface area contributed by atoms with E-state index in [1.807, 2.05) is 0 Å². The zero-order chi connectivity index (χ0) is 15.1. The molecule has 3 N–H and O–H groups in total. The van der Waals surface area contributed by atoms with Gasteiger partial charge in [0.15, 0.2) is 0 Å². The summed E-state index contributed by atoms with van der Waals surface area (Å²) in [6, 6.07) is 13.5. The van der Waals surface area contributed by atoms with Crippen LogP contribution < -0.4 is 10.5 Å². The normalized spacial score (nSPS) is 10.1. The van der Waals surface area contributed by atoms with Crippen molar-refractivity contribution >= 4 is 11.7 Å². The fourth-order valence-electron chi connectivity index (χ4n) is 1.70. The predicted molar refractivity (Wildman–Crippen MR) is 78.9 cm³/mol. The largest absolute Gasteiger partial charge is 0.508 e. The van der Waals surface area contributed by atoms with E-state index in [9.17, 15) is 9.90 Å². The SMILES string of the molecule is Nc1ccc(OCCC(=O)OCc2cccc(O)c2)cc1. The van der Waals surface area contributed by atoms with Gasteiger partial charge in [-0.1, -0.05) is 12.1 Å². The van der Waals surface area contributed by atoms with Crippen LogP contribution in [0.3, 0.4) is 0 Å². The molecule has 0 heterocycles. The van der Waals surface area contributed by atoms with E-state index in [1.54, 1.807) is 48.5 Å². The third kappa shape index (κ3) is 5.06. The third-order valence-electron chi connectivity index (χ3n) is 2.77. The number of hydrogen-bond acceptors (Lipinski definition) is 5. The van der Waals surface area contributed by atoms with Crippen molar-refractivity contribution in [3.63, 3.8) is 0 Å². The molecule has 5 heteroatoms. The van der Waals surface area contributed by atoms with Crippen molar-refractivity contribution < 1.29 is 19.4 Å². The van der Waals surface area contributed by atoms with Gasteiger partial charge in [-0.15, -0.1) is 0 Å². The predicted octanol–water partition coefficient (Wildman–Crippen LogP) is 2.49. The summed E-state index contributed by atoms with van der Waals surface area (Å²) < 4.78 is 10.5. The molecule has 0 radical (unpaired) electrons. The van der Waals surface area contributed by atoms with E-state index in [4.69, 9.17) is 15.2 Å². The Hall–Kier alpha value is -2.69. The van der Waals surface area contributed by atoms with Crippen molar-refractivity contribution in [1.29, 1.82) is 0 Å². The van der Waals surface area contributed by atoms with Crippen LogP contribution in [0.4, 0.5) is 5.69 Å². The van der Waals surface area contributed by atoms with Crippen LogP contribution in [0.1, 0.15) is 12.0 Å². The van der Waals surface area contributed by atoms with Gasteiger partial charge in [0.25, 0.3) is 0 Å². The summed E-state index contributed by atoms with van der Waals surface area (Å²) in [5.74, 6) is 0.453. The van der Waals surface area contributed by atoms with Gasteiger partial charge in [-0.3, -0.25) is 4.79 Å². The molecule has 2 aromatic carbocycles. The Bertz CT molecular complexity index is 595. The molecule has 0 bridgehead atoms. The number of ether oxygens (including phenoxy) is 2. The van der Waals surface area contributed by atoms with Gasteiger partial charge in [0.2, 0.25) is 0 Å². The van der Waals surface area contributed by atoms with E-state index in [0.717, 1.165) is 5.56 Å². The molecule has 2 aromatic rings. The monoisotopic (exact) mass is 287 g/mol. The van der Waals surface area contributed by atoms with Gasteiger partial charge < -0.3 is 20.3 Å². The number of nitrogen functional groups attached to an aromatic ring is 1. The van der Waals surface area contributed by atoms with Crippen molar-refractivity contribution in [2.75, 3.05) is 12.3 Å². The number of phenols is 1. The van der Waals surface area contributed by atoms with Crippen LogP contribution in [0.15, 0.2) is 48.5 Å². The number of phenolic OH excluding ortho intramolecular Hbond substituents is 1. The lowest BCUT2D eigenvalue weighted by Crippen LogP contribution is -2.09. The molecule has 110 valence electrons. The number of aromatic hydroxyl groups is 1. The molecular weight excluding hydrogens is 270 g/mol. The number of carbonyl (C=O) groups excluding carboxylic acids is 1. The first-order valence-corrected chi connectivity index (χ1v) is 6.55. The number of hydrogen-bond donors (Lipinski definition) is 2. The highest BCUT2D eigenvalue weighted by Gasteiger charge is 2.04. The number of esters is 1. The van der Waals surface area contributed by atoms with Gasteiger partial charge in [-0.05, 0) is 42.0 Å². The quantitative estimate of drug-likeness (QED) is 0.630. The van der Waals surface area contributed by atoms with Crippen molar-refractivity contribution in [2.45, 2.75) is 13.0 Å². The summed E-state index contributed by atoms with van der Waals surface area (Å²) in [5, 5.41) is 9.30. The molecule has 0 aliphatic carbocycles. The van der Waals surface area contributed by atoms with Crippen LogP contribution in [-0.4, -0.2) is 17.7 Å². The molecule has 0 atom stereocenters. The lowest BCUT2D eigenvalue weighted by atomic mass is 10.2. The van der Waals surface area contributed by atoms with Crippen LogP contribution in [-0.2, 0) is 16.1 Å². The smallest absolute Gasteiger partial charge is 0.309 e. The Labute approximate surface area is 122 Å². The molecule has 21 heavy (non-hydrogen) atoms. The van der Waals surface area contributed by atoms with E-state index in [1.165, 1.54) is 0 Å². The molecule has 0 unspecified atom stereocenters. The first kappa shape index (κ1) is 14.7. The Morgan fingerprint density at radius 2 is 1.90 bits per heavy atom. The van der Waals surface area contributed by atoms with Gasteiger partial charge in [-0.2, -0.15) is 0 Å². The van der Waals surface area contributed by atoms with Gasteiger partial charge in [-0.25, -0.2) is 0 Å². The first-order chi connectivity index (χ1) is 10.1. The highest BCUT2D eigenvalue weighted by molar-refractivity contribution is 5.69. The van der Waals surface area contributed by atoms with Gasteiger partial charge in [0.05, 0.1) is 13.0 Å². The summed E-state index contributed by atoms with van der Waals surface area (Å²) in [6.07, 6.45) is 0.156. The van der Waals surface area contributed by atoms with E-state index in [2.05, 4.69) is 0 Å². The number of carbonyl (C=O) groups is 1. The number of anilines is 1.